The molecule has 2 rings (SSSR count). The molecular weight excluding hydrogens is 388 g/mol. The van der Waals surface area contributed by atoms with E-state index in [1.54, 1.807) is 13.8 Å². The summed E-state index contributed by atoms with van der Waals surface area (Å²) in [7, 11) is 0. The van der Waals surface area contributed by atoms with Crippen molar-refractivity contribution in [2.45, 2.75) is 65.5 Å². The number of likely N-dealkylation sites (tertiary alicyclic amines) is 1. The molecule has 0 saturated carbocycles. The highest BCUT2D eigenvalue weighted by atomic mass is 16.2. The molecule has 2 amide bonds. The highest BCUT2D eigenvalue weighted by molar-refractivity contribution is 5.96. The minimum absolute atomic E-state index is 0.00277. The fraction of sp³-hybridized carbons (Fsp3) is 0.700. The van der Waals surface area contributed by atoms with Crippen molar-refractivity contribution in [1.82, 2.24) is 19.8 Å². The van der Waals surface area contributed by atoms with Crippen LogP contribution in [0.5, 0.6) is 0 Å². The van der Waals surface area contributed by atoms with Gasteiger partial charge in [-0.15, -0.1) is 0 Å². The Labute approximate surface area is 176 Å². The van der Waals surface area contributed by atoms with Gasteiger partial charge in [-0.1, -0.05) is 20.3 Å². The Hall–Kier alpha value is -2.62. The molecule has 1 fully saturated rings. The van der Waals surface area contributed by atoms with Gasteiger partial charge in [0.1, 0.15) is 5.82 Å². The summed E-state index contributed by atoms with van der Waals surface area (Å²) in [6, 6.07) is 0.0125. The van der Waals surface area contributed by atoms with Gasteiger partial charge in [-0.2, -0.15) is 0 Å². The highest BCUT2D eigenvalue weighted by Gasteiger charge is 2.27. The van der Waals surface area contributed by atoms with Crippen LogP contribution in [0.15, 0.2) is 9.59 Å². The number of aromatic amines is 1. The number of carbonyl (C=O) groups is 2. The average molecular weight is 423 g/mol. The van der Waals surface area contributed by atoms with Gasteiger partial charge in [0.2, 0.25) is 11.8 Å². The maximum atomic E-state index is 13.0. The molecule has 10 heteroatoms. The van der Waals surface area contributed by atoms with Crippen molar-refractivity contribution >= 4 is 23.3 Å². The number of nitrogens with one attached hydrogen (secondary N) is 2. The molecule has 0 radical (unpaired) electrons. The van der Waals surface area contributed by atoms with E-state index in [0.717, 1.165) is 32.2 Å². The van der Waals surface area contributed by atoms with Crippen molar-refractivity contribution in [2.24, 2.45) is 0 Å². The van der Waals surface area contributed by atoms with Crippen molar-refractivity contribution in [1.29, 1.82) is 0 Å². The molecule has 0 aromatic carbocycles. The number of H-pyrrole nitrogens is 1. The summed E-state index contributed by atoms with van der Waals surface area (Å²) in [6.07, 6.45) is 3.77. The molecule has 1 aromatic rings. The summed E-state index contributed by atoms with van der Waals surface area (Å²) >= 11 is 0. The summed E-state index contributed by atoms with van der Waals surface area (Å²) < 4.78 is 1.31. The fourth-order valence-corrected chi connectivity index (χ4v) is 3.76. The average Bonchev–Trinajstić information content (AvgIpc) is 2.70. The molecule has 0 bridgehead atoms. The van der Waals surface area contributed by atoms with Gasteiger partial charge in [0.25, 0.3) is 5.56 Å². The van der Waals surface area contributed by atoms with Crippen LogP contribution in [0.1, 0.15) is 52.9 Å². The third kappa shape index (κ3) is 5.71. The molecule has 10 nitrogen and oxygen atoms in total. The lowest BCUT2D eigenvalue weighted by molar-refractivity contribution is -0.122. The Morgan fingerprint density at radius 2 is 2.00 bits per heavy atom. The fourth-order valence-electron chi connectivity index (χ4n) is 3.76. The summed E-state index contributed by atoms with van der Waals surface area (Å²) in [5, 5.41) is 2.98. The molecule has 1 aromatic heterocycles. The molecule has 1 unspecified atom stereocenters. The van der Waals surface area contributed by atoms with E-state index < -0.39 is 11.2 Å². The number of nitrogen functional groups attached to an aromatic ring is 1. The summed E-state index contributed by atoms with van der Waals surface area (Å²) in [4.78, 5) is 54.9. The Morgan fingerprint density at radius 3 is 2.63 bits per heavy atom. The van der Waals surface area contributed by atoms with Gasteiger partial charge in [-0.05, 0) is 32.7 Å². The molecule has 2 heterocycles. The zero-order chi connectivity index (χ0) is 22.3. The Morgan fingerprint density at radius 1 is 1.27 bits per heavy atom. The quantitative estimate of drug-likeness (QED) is 0.523. The minimum atomic E-state index is -0.660. The predicted molar refractivity (Wildman–Crippen MR) is 117 cm³/mol. The van der Waals surface area contributed by atoms with Crippen molar-refractivity contribution in [3.05, 3.63) is 20.8 Å². The number of amides is 2. The van der Waals surface area contributed by atoms with Crippen LogP contribution in [0, 0.1) is 0 Å². The molecule has 30 heavy (non-hydrogen) atoms. The van der Waals surface area contributed by atoms with Gasteiger partial charge in [0.15, 0.2) is 5.69 Å². The molecular formula is C20H34N6O4. The van der Waals surface area contributed by atoms with E-state index in [9.17, 15) is 19.2 Å². The lowest BCUT2D eigenvalue weighted by Gasteiger charge is -2.34. The Kier molecular flexibility index (Phi) is 8.64. The van der Waals surface area contributed by atoms with E-state index in [2.05, 4.69) is 10.3 Å². The number of carbonyl (C=O) groups excluding carboxylic acids is 2. The number of hydrogen-bond donors (Lipinski definition) is 3. The van der Waals surface area contributed by atoms with Crippen LogP contribution in [0.4, 0.5) is 11.5 Å². The van der Waals surface area contributed by atoms with E-state index in [-0.39, 0.29) is 42.5 Å². The number of nitrogens with two attached hydrogens (primary N) is 1. The second kappa shape index (κ2) is 11.0. The first-order valence-corrected chi connectivity index (χ1v) is 10.8. The number of hydrogen-bond acceptors (Lipinski definition) is 6. The van der Waals surface area contributed by atoms with E-state index in [0.29, 0.717) is 19.5 Å². The van der Waals surface area contributed by atoms with E-state index in [1.807, 2.05) is 11.8 Å². The van der Waals surface area contributed by atoms with Crippen molar-refractivity contribution in [3.8, 4) is 0 Å². The zero-order valence-corrected chi connectivity index (χ0v) is 18.2. The molecule has 1 aliphatic heterocycles. The number of anilines is 2. The largest absolute Gasteiger partial charge is 0.383 e. The maximum Gasteiger partial charge on any atom is 0.330 e. The van der Waals surface area contributed by atoms with Crippen molar-refractivity contribution < 1.29 is 9.59 Å². The summed E-state index contributed by atoms with van der Waals surface area (Å²) in [5.74, 6) is -0.256. The number of unbranched alkanes of at least 4 members (excludes halogenated alkanes) is 1. The van der Waals surface area contributed by atoms with Crippen molar-refractivity contribution in [3.63, 3.8) is 0 Å². The second-order valence-electron chi connectivity index (χ2n) is 7.63. The molecule has 1 saturated heterocycles. The van der Waals surface area contributed by atoms with Crippen LogP contribution in [0.25, 0.3) is 0 Å². The van der Waals surface area contributed by atoms with Gasteiger partial charge in [0.05, 0.1) is 6.54 Å². The number of likely N-dealkylation sites (N-methyl/N-ethyl adjacent to an activating group) is 1. The van der Waals surface area contributed by atoms with Crippen LogP contribution < -0.4 is 27.2 Å². The van der Waals surface area contributed by atoms with Crippen LogP contribution in [-0.4, -0.2) is 58.5 Å². The lowest BCUT2D eigenvalue weighted by Crippen LogP contribution is -2.51. The zero-order valence-electron chi connectivity index (χ0n) is 18.2. The number of nitrogens with zero attached hydrogens (tertiary/aromatic N) is 3. The molecule has 1 atom stereocenters. The van der Waals surface area contributed by atoms with Gasteiger partial charge in [-0.3, -0.25) is 28.8 Å². The van der Waals surface area contributed by atoms with Gasteiger partial charge >= 0.3 is 5.69 Å². The molecule has 0 spiro atoms. The first-order valence-electron chi connectivity index (χ1n) is 10.8. The lowest BCUT2D eigenvalue weighted by atomic mass is 10.1. The molecule has 4 N–H and O–H groups in total. The number of aromatic nitrogens is 2. The van der Waals surface area contributed by atoms with Crippen LogP contribution in [-0.2, 0) is 16.1 Å². The third-order valence-electron chi connectivity index (χ3n) is 5.39. The standard InChI is InChI=1S/C20H34N6O4/c1-4-7-11-26-18(21)17(19(29)23-20(26)30)25(6-3)16(28)13-24-10-8-9-14(12-24)22-15(27)5-2/h14H,4-13,21H2,1-3H3,(H,22,27)(H,23,29,30). The minimum Gasteiger partial charge on any atom is -0.383 e. The second-order valence-corrected chi connectivity index (χ2v) is 7.63. The Bertz CT molecular complexity index is 862. The number of piperidine rings is 1. The first-order chi connectivity index (χ1) is 14.3. The van der Waals surface area contributed by atoms with Crippen LogP contribution >= 0.6 is 0 Å². The van der Waals surface area contributed by atoms with Crippen LogP contribution in [0.2, 0.25) is 0 Å². The topological polar surface area (TPSA) is 134 Å². The normalized spacial score (nSPS) is 17.0. The van der Waals surface area contributed by atoms with Gasteiger partial charge in [0, 0.05) is 32.1 Å². The predicted octanol–water partition coefficient (Wildman–Crippen LogP) is 0.262. The SMILES string of the molecule is CCCCn1c(N)c(N(CC)C(=O)CN2CCCC(NC(=O)CC)C2)c(=O)[nH]c1=O. The molecule has 168 valence electrons. The maximum absolute atomic E-state index is 13.0. The molecule has 1 aliphatic rings. The molecule has 0 aliphatic carbocycles. The van der Waals surface area contributed by atoms with Crippen LogP contribution in [0.3, 0.4) is 0 Å². The van der Waals surface area contributed by atoms with E-state index in [4.69, 9.17) is 5.73 Å². The highest BCUT2D eigenvalue weighted by Crippen LogP contribution is 2.18. The van der Waals surface area contributed by atoms with Gasteiger partial charge < -0.3 is 16.0 Å². The van der Waals surface area contributed by atoms with Gasteiger partial charge in [-0.25, -0.2) is 4.79 Å². The smallest absolute Gasteiger partial charge is 0.330 e. The monoisotopic (exact) mass is 422 g/mol. The third-order valence-corrected chi connectivity index (χ3v) is 5.39. The Balaban J connectivity index is 2.19. The summed E-state index contributed by atoms with van der Waals surface area (Å²) in [5.41, 5.74) is 4.95. The number of rotatable bonds is 9. The summed E-state index contributed by atoms with van der Waals surface area (Å²) in [6.45, 7) is 7.62. The van der Waals surface area contributed by atoms with Crippen molar-refractivity contribution in [2.75, 3.05) is 36.8 Å². The first kappa shape index (κ1) is 23.7. The van der Waals surface area contributed by atoms with E-state index >= 15 is 0 Å². The van der Waals surface area contributed by atoms with E-state index in [1.165, 1.54) is 9.47 Å².